The van der Waals surface area contributed by atoms with Gasteiger partial charge in [0.15, 0.2) is 0 Å². The lowest BCUT2D eigenvalue weighted by atomic mass is 10.1. The fourth-order valence-corrected chi connectivity index (χ4v) is 3.56. The maximum Gasteiger partial charge on any atom is 0.132 e. The molecule has 1 N–H and O–H groups in total. The van der Waals surface area contributed by atoms with Gasteiger partial charge in [0.05, 0.1) is 6.26 Å². The molecule has 1 aliphatic heterocycles. The van der Waals surface area contributed by atoms with Crippen LogP contribution in [0.25, 0.3) is 0 Å². The molecule has 3 heterocycles. The fourth-order valence-electron chi connectivity index (χ4n) is 2.83. The first-order valence-electron chi connectivity index (χ1n) is 6.81. The Hall–Kier alpha value is -1.10. The van der Waals surface area contributed by atoms with E-state index < -0.39 is 6.10 Å². The predicted molar refractivity (Wildman–Crippen MR) is 76.0 cm³/mol. The second-order valence-electron chi connectivity index (χ2n) is 5.11. The Balaban J connectivity index is 1.60. The summed E-state index contributed by atoms with van der Waals surface area (Å²) in [5.74, 6) is 0.683. The van der Waals surface area contributed by atoms with Gasteiger partial charge in [-0.1, -0.05) is 6.07 Å². The minimum atomic E-state index is -0.482. The second-order valence-corrected chi connectivity index (χ2v) is 6.15. The normalized spacial score (nSPS) is 21.8. The van der Waals surface area contributed by atoms with Crippen LogP contribution in [-0.4, -0.2) is 22.6 Å². The maximum atomic E-state index is 10.2. The highest BCUT2D eigenvalue weighted by molar-refractivity contribution is 7.09. The molecule has 1 fully saturated rings. The number of hydrogen-bond acceptors (Lipinski definition) is 4. The Morgan fingerprint density at radius 1 is 1.42 bits per heavy atom. The smallest absolute Gasteiger partial charge is 0.132 e. The Kier molecular flexibility index (Phi) is 4.01. The van der Waals surface area contributed by atoms with E-state index in [-0.39, 0.29) is 0 Å². The average Bonchev–Trinajstić information content (AvgIpc) is 3.12. The number of furan rings is 1. The first kappa shape index (κ1) is 12.9. The molecule has 0 radical (unpaired) electrons. The van der Waals surface area contributed by atoms with Crippen LogP contribution in [0, 0.1) is 0 Å². The van der Waals surface area contributed by atoms with E-state index in [1.54, 1.807) is 17.6 Å². The SMILES string of the molecule is O[C@H](C[C@@H]1CCCN1Cc1cccs1)c1ccco1. The van der Waals surface area contributed by atoms with Gasteiger partial charge >= 0.3 is 0 Å². The van der Waals surface area contributed by atoms with Crippen molar-refractivity contribution < 1.29 is 9.52 Å². The number of nitrogens with zero attached hydrogens (tertiary/aromatic N) is 1. The largest absolute Gasteiger partial charge is 0.467 e. The highest BCUT2D eigenvalue weighted by Crippen LogP contribution is 2.29. The Bertz CT molecular complexity index is 480. The minimum absolute atomic E-state index is 0.460. The molecule has 0 spiro atoms. The van der Waals surface area contributed by atoms with E-state index in [9.17, 15) is 5.11 Å². The Morgan fingerprint density at radius 2 is 2.37 bits per heavy atom. The van der Waals surface area contributed by atoms with E-state index in [1.165, 1.54) is 17.7 Å². The van der Waals surface area contributed by atoms with Crippen LogP contribution in [0.2, 0.25) is 0 Å². The van der Waals surface area contributed by atoms with Crippen molar-refractivity contribution >= 4 is 11.3 Å². The van der Waals surface area contributed by atoms with Gasteiger partial charge in [0, 0.05) is 17.5 Å². The molecule has 0 unspecified atom stereocenters. The summed E-state index contributed by atoms with van der Waals surface area (Å²) in [6.07, 6.45) is 4.29. The minimum Gasteiger partial charge on any atom is -0.467 e. The Labute approximate surface area is 117 Å². The number of likely N-dealkylation sites (tertiary alicyclic amines) is 1. The molecule has 3 nitrogen and oxygen atoms in total. The van der Waals surface area contributed by atoms with E-state index in [1.807, 2.05) is 12.1 Å². The molecule has 1 aliphatic rings. The van der Waals surface area contributed by atoms with Crippen molar-refractivity contribution in [3.8, 4) is 0 Å². The van der Waals surface area contributed by atoms with Gasteiger partial charge in [-0.05, 0) is 49.4 Å². The zero-order valence-electron chi connectivity index (χ0n) is 10.9. The van der Waals surface area contributed by atoms with Crippen molar-refractivity contribution in [3.05, 3.63) is 46.5 Å². The molecule has 2 atom stereocenters. The lowest BCUT2D eigenvalue weighted by molar-refractivity contribution is 0.0998. The van der Waals surface area contributed by atoms with Gasteiger partial charge in [0.2, 0.25) is 0 Å². The predicted octanol–water partition coefficient (Wildman–Crippen LogP) is 3.43. The maximum absolute atomic E-state index is 10.2. The topological polar surface area (TPSA) is 36.6 Å². The third-order valence-electron chi connectivity index (χ3n) is 3.81. The van der Waals surface area contributed by atoms with Crippen LogP contribution >= 0.6 is 11.3 Å². The molecule has 2 aromatic rings. The molecule has 3 rings (SSSR count). The molecule has 19 heavy (non-hydrogen) atoms. The van der Waals surface area contributed by atoms with Crippen LogP contribution in [0.15, 0.2) is 40.3 Å². The lowest BCUT2D eigenvalue weighted by Crippen LogP contribution is -2.30. The summed E-state index contributed by atoms with van der Waals surface area (Å²) in [5.41, 5.74) is 0. The van der Waals surface area contributed by atoms with Crippen LogP contribution in [0.3, 0.4) is 0 Å². The first-order chi connectivity index (χ1) is 9.33. The summed E-state index contributed by atoms with van der Waals surface area (Å²) >= 11 is 1.81. The molecule has 0 aliphatic carbocycles. The zero-order valence-corrected chi connectivity index (χ0v) is 11.7. The van der Waals surface area contributed by atoms with Gasteiger partial charge in [-0.25, -0.2) is 0 Å². The lowest BCUT2D eigenvalue weighted by Gasteiger charge is -2.25. The number of thiophene rings is 1. The molecule has 0 aromatic carbocycles. The van der Waals surface area contributed by atoms with E-state index in [2.05, 4.69) is 22.4 Å². The molecule has 0 saturated carbocycles. The van der Waals surface area contributed by atoms with Crippen molar-refractivity contribution in [1.82, 2.24) is 4.90 Å². The van der Waals surface area contributed by atoms with E-state index in [4.69, 9.17) is 4.42 Å². The molecule has 2 aromatic heterocycles. The van der Waals surface area contributed by atoms with E-state index in [0.29, 0.717) is 11.8 Å². The van der Waals surface area contributed by atoms with Crippen molar-refractivity contribution in [1.29, 1.82) is 0 Å². The summed E-state index contributed by atoms with van der Waals surface area (Å²) in [6.45, 7) is 2.14. The van der Waals surface area contributed by atoms with Crippen LogP contribution < -0.4 is 0 Å². The molecule has 0 bridgehead atoms. The number of hydrogen-bond donors (Lipinski definition) is 1. The first-order valence-corrected chi connectivity index (χ1v) is 7.69. The molecular formula is C15H19NO2S. The van der Waals surface area contributed by atoms with Crippen molar-refractivity contribution in [3.63, 3.8) is 0 Å². The van der Waals surface area contributed by atoms with Crippen molar-refractivity contribution in [2.45, 2.75) is 38.0 Å². The summed E-state index contributed by atoms with van der Waals surface area (Å²) in [5, 5.41) is 12.3. The Morgan fingerprint density at radius 3 is 3.11 bits per heavy atom. The van der Waals surface area contributed by atoms with E-state index >= 15 is 0 Å². The zero-order chi connectivity index (χ0) is 13.1. The van der Waals surface area contributed by atoms with Crippen molar-refractivity contribution in [2.75, 3.05) is 6.54 Å². The van der Waals surface area contributed by atoms with Crippen LogP contribution in [0.4, 0.5) is 0 Å². The van der Waals surface area contributed by atoms with Gasteiger partial charge < -0.3 is 9.52 Å². The van der Waals surface area contributed by atoms with Gasteiger partial charge in [-0.15, -0.1) is 11.3 Å². The third-order valence-corrected chi connectivity index (χ3v) is 4.67. The molecular weight excluding hydrogens is 258 g/mol. The summed E-state index contributed by atoms with van der Waals surface area (Å²) < 4.78 is 5.28. The highest BCUT2D eigenvalue weighted by Gasteiger charge is 2.28. The van der Waals surface area contributed by atoms with Gasteiger partial charge in [0.1, 0.15) is 11.9 Å². The van der Waals surface area contributed by atoms with Gasteiger partial charge in [-0.3, -0.25) is 4.90 Å². The standard InChI is InChI=1S/C15H19NO2S/c17-14(15-6-2-8-18-15)10-12-4-1-7-16(12)11-13-5-3-9-19-13/h2-3,5-6,8-9,12,14,17H,1,4,7,10-11H2/t12-,14+/m0/s1. The molecule has 102 valence electrons. The van der Waals surface area contributed by atoms with Crippen LogP contribution in [-0.2, 0) is 6.54 Å². The van der Waals surface area contributed by atoms with E-state index in [0.717, 1.165) is 19.5 Å². The summed E-state index contributed by atoms with van der Waals surface area (Å²) in [6, 6.07) is 8.42. The quantitative estimate of drug-likeness (QED) is 0.909. The third kappa shape index (κ3) is 3.08. The molecule has 4 heteroatoms. The summed E-state index contributed by atoms with van der Waals surface area (Å²) in [7, 11) is 0. The fraction of sp³-hybridized carbons (Fsp3) is 0.467. The van der Waals surface area contributed by atoms with Gasteiger partial charge in [0.25, 0.3) is 0 Å². The number of aliphatic hydroxyl groups excluding tert-OH is 1. The summed E-state index contributed by atoms with van der Waals surface area (Å²) in [4.78, 5) is 3.89. The number of rotatable bonds is 5. The monoisotopic (exact) mass is 277 g/mol. The molecule has 1 saturated heterocycles. The molecule has 0 amide bonds. The van der Waals surface area contributed by atoms with Gasteiger partial charge in [-0.2, -0.15) is 0 Å². The van der Waals surface area contributed by atoms with Crippen LogP contribution in [0.1, 0.15) is 36.0 Å². The second kappa shape index (κ2) is 5.90. The van der Waals surface area contributed by atoms with Crippen molar-refractivity contribution in [2.24, 2.45) is 0 Å². The highest BCUT2D eigenvalue weighted by atomic mass is 32.1. The average molecular weight is 277 g/mol. The number of aliphatic hydroxyl groups is 1. The van der Waals surface area contributed by atoms with Crippen LogP contribution in [0.5, 0.6) is 0 Å².